The number of hydrogen-bond acceptors (Lipinski definition) is 6. The van der Waals surface area contributed by atoms with Crippen molar-refractivity contribution < 1.29 is 19.0 Å². The molecule has 0 unspecified atom stereocenters. The fraction of sp³-hybridized carbons (Fsp3) is 0.733. The van der Waals surface area contributed by atoms with E-state index in [1.165, 1.54) is 6.20 Å². The van der Waals surface area contributed by atoms with Gasteiger partial charge in [0.05, 0.1) is 6.54 Å². The quantitative estimate of drug-likeness (QED) is 0.227. The zero-order chi connectivity index (χ0) is 16.6. The zero-order valence-electron chi connectivity index (χ0n) is 13.7. The van der Waals surface area contributed by atoms with Crippen LogP contribution in [0, 0.1) is 11.3 Å². The Morgan fingerprint density at radius 2 is 1.91 bits per heavy atom. The molecule has 7 heteroatoms. The van der Waals surface area contributed by atoms with E-state index in [1.807, 2.05) is 26.8 Å². The van der Waals surface area contributed by atoms with Crippen LogP contribution in [-0.2, 0) is 19.0 Å². The molecule has 0 spiro atoms. The van der Waals surface area contributed by atoms with E-state index < -0.39 is 12.2 Å². The molecule has 0 fully saturated rings. The fourth-order valence-corrected chi connectivity index (χ4v) is 1.56. The normalized spacial score (nSPS) is 11.3. The highest BCUT2D eigenvalue weighted by atomic mass is 16.7. The van der Waals surface area contributed by atoms with Gasteiger partial charge in [-0.25, -0.2) is 0 Å². The number of nitriles is 1. The van der Waals surface area contributed by atoms with Gasteiger partial charge < -0.3 is 24.8 Å². The average Bonchev–Trinajstić information content (AvgIpc) is 2.51. The Hall–Kier alpha value is -1.62. The van der Waals surface area contributed by atoms with Gasteiger partial charge in [-0.2, -0.15) is 5.26 Å². The molecule has 0 radical (unpaired) electrons. The van der Waals surface area contributed by atoms with Crippen LogP contribution in [0.1, 0.15) is 27.2 Å². The lowest BCUT2D eigenvalue weighted by Gasteiger charge is -2.16. The zero-order valence-corrected chi connectivity index (χ0v) is 13.7. The minimum absolute atomic E-state index is 0.0168. The summed E-state index contributed by atoms with van der Waals surface area (Å²) in [7, 11) is 0. The summed E-state index contributed by atoms with van der Waals surface area (Å²) in [4.78, 5) is 11.8. The second kappa shape index (κ2) is 14.3. The molecule has 0 saturated carbocycles. The summed E-state index contributed by atoms with van der Waals surface area (Å²) in [5, 5.41) is 14.5. The van der Waals surface area contributed by atoms with Crippen LogP contribution >= 0.6 is 0 Å². The number of nitrogens with zero attached hydrogens (tertiary/aromatic N) is 1. The molecule has 0 rings (SSSR count). The summed E-state index contributed by atoms with van der Waals surface area (Å²) in [5.74, 6) is -0.407. The van der Waals surface area contributed by atoms with Crippen LogP contribution in [0.25, 0.3) is 0 Å². The van der Waals surface area contributed by atoms with Gasteiger partial charge in [-0.15, -0.1) is 0 Å². The van der Waals surface area contributed by atoms with Crippen molar-refractivity contribution in [3.63, 3.8) is 0 Å². The molecule has 0 saturated heterocycles. The number of ether oxygens (including phenoxy) is 3. The largest absolute Gasteiger partial charge is 0.385 e. The Labute approximate surface area is 132 Å². The summed E-state index contributed by atoms with van der Waals surface area (Å²) >= 11 is 0. The maximum absolute atomic E-state index is 11.8. The molecule has 0 aliphatic carbocycles. The van der Waals surface area contributed by atoms with E-state index in [0.29, 0.717) is 45.9 Å². The predicted molar refractivity (Wildman–Crippen MR) is 82.9 cm³/mol. The lowest BCUT2D eigenvalue weighted by molar-refractivity contribution is -0.131. The number of carbonyl (C=O) groups is 1. The molecule has 0 bridgehead atoms. The number of rotatable bonds is 13. The second-order valence-corrected chi connectivity index (χ2v) is 4.22. The van der Waals surface area contributed by atoms with Crippen LogP contribution in [0.3, 0.4) is 0 Å². The van der Waals surface area contributed by atoms with Crippen molar-refractivity contribution in [2.75, 3.05) is 39.5 Å². The van der Waals surface area contributed by atoms with Crippen molar-refractivity contribution in [3.05, 3.63) is 11.8 Å². The summed E-state index contributed by atoms with van der Waals surface area (Å²) in [6.07, 6.45) is 1.69. The van der Waals surface area contributed by atoms with Crippen LogP contribution < -0.4 is 10.6 Å². The Morgan fingerprint density at radius 3 is 2.45 bits per heavy atom. The van der Waals surface area contributed by atoms with Crippen LogP contribution in [0.15, 0.2) is 11.8 Å². The van der Waals surface area contributed by atoms with E-state index in [4.69, 9.17) is 19.5 Å². The number of nitrogens with one attached hydrogen (secondary N) is 2. The van der Waals surface area contributed by atoms with Gasteiger partial charge >= 0.3 is 0 Å². The lowest BCUT2D eigenvalue weighted by atomic mass is 10.3. The SMILES string of the molecule is CCOCCCNC(=O)/C(C#N)=C\NCC(OCC)OCC. The summed E-state index contributed by atoms with van der Waals surface area (Å²) in [5.41, 5.74) is 0.0168. The van der Waals surface area contributed by atoms with Gasteiger partial charge in [-0.1, -0.05) is 0 Å². The van der Waals surface area contributed by atoms with E-state index in [-0.39, 0.29) is 5.57 Å². The van der Waals surface area contributed by atoms with Crippen molar-refractivity contribution in [2.24, 2.45) is 0 Å². The molecule has 0 aliphatic rings. The predicted octanol–water partition coefficient (Wildman–Crippen LogP) is 0.925. The van der Waals surface area contributed by atoms with Crippen molar-refractivity contribution in [3.8, 4) is 6.07 Å². The average molecular weight is 313 g/mol. The standard InChI is InChI=1S/C15H27N3O4/c1-4-20-9-7-8-18-15(19)13(10-16)11-17-12-14(21-5-2)22-6-3/h11,14,17H,4-9,12H2,1-3H3,(H,18,19)/b13-11-. The molecule has 22 heavy (non-hydrogen) atoms. The maximum atomic E-state index is 11.8. The molecule has 126 valence electrons. The molecule has 0 aromatic rings. The molecule has 7 nitrogen and oxygen atoms in total. The monoisotopic (exact) mass is 313 g/mol. The van der Waals surface area contributed by atoms with Crippen LogP contribution in [0.5, 0.6) is 0 Å². The molecule has 0 heterocycles. The maximum Gasteiger partial charge on any atom is 0.263 e. The van der Waals surface area contributed by atoms with Gasteiger partial charge in [0, 0.05) is 39.2 Å². The van der Waals surface area contributed by atoms with E-state index >= 15 is 0 Å². The first kappa shape index (κ1) is 20.4. The van der Waals surface area contributed by atoms with Crippen molar-refractivity contribution in [2.45, 2.75) is 33.5 Å². The van der Waals surface area contributed by atoms with Gasteiger partial charge in [0.15, 0.2) is 6.29 Å². The Morgan fingerprint density at radius 1 is 1.23 bits per heavy atom. The highest BCUT2D eigenvalue weighted by Gasteiger charge is 2.09. The molecule has 0 aliphatic heterocycles. The van der Waals surface area contributed by atoms with Crippen molar-refractivity contribution in [1.82, 2.24) is 10.6 Å². The summed E-state index contributed by atoms with van der Waals surface area (Å²) in [6.45, 7) is 8.80. The Balaban J connectivity index is 4.14. The molecule has 0 atom stereocenters. The first-order chi connectivity index (χ1) is 10.7. The Bertz CT molecular complexity index is 360. The van der Waals surface area contributed by atoms with Gasteiger partial charge in [-0.05, 0) is 27.2 Å². The molecular formula is C15H27N3O4. The van der Waals surface area contributed by atoms with Crippen LogP contribution in [-0.4, -0.2) is 51.7 Å². The van der Waals surface area contributed by atoms with E-state index in [9.17, 15) is 4.79 Å². The molecule has 1 amide bonds. The molecular weight excluding hydrogens is 286 g/mol. The third-order valence-corrected chi connectivity index (χ3v) is 2.56. The highest BCUT2D eigenvalue weighted by molar-refractivity contribution is 5.97. The van der Waals surface area contributed by atoms with E-state index in [1.54, 1.807) is 0 Å². The number of carbonyl (C=O) groups excluding carboxylic acids is 1. The minimum atomic E-state index is -0.407. The molecule has 0 aromatic heterocycles. The summed E-state index contributed by atoms with van der Waals surface area (Å²) in [6, 6.07) is 1.87. The lowest BCUT2D eigenvalue weighted by Crippen LogP contribution is -2.31. The smallest absolute Gasteiger partial charge is 0.263 e. The van der Waals surface area contributed by atoms with Crippen molar-refractivity contribution >= 4 is 5.91 Å². The Kier molecular flexibility index (Phi) is 13.3. The molecule has 2 N–H and O–H groups in total. The first-order valence-corrected chi connectivity index (χ1v) is 7.62. The topological polar surface area (TPSA) is 92.6 Å². The van der Waals surface area contributed by atoms with Gasteiger partial charge in [-0.3, -0.25) is 4.79 Å². The first-order valence-electron chi connectivity index (χ1n) is 7.62. The van der Waals surface area contributed by atoms with Crippen LogP contribution in [0.2, 0.25) is 0 Å². The fourth-order valence-electron chi connectivity index (χ4n) is 1.56. The number of amides is 1. The van der Waals surface area contributed by atoms with Gasteiger partial charge in [0.2, 0.25) is 0 Å². The van der Waals surface area contributed by atoms with Gasteiger partial charge in [0.25, 0.3) is 5.91 Å². The second-order valence-electron chi connectivity index (χ2n) is 4.22. The minimum Gasteiger partial charge on any atom is -0.385 e. The summed E-state index contributed by atoms with van der Waals surface area (Å²) < 4.78 is 15.9. The third kappa shape index (κ3) is 10.2. The van der Waals surface area contributed by atoms with Gasteiger partial charge in [0.1, 0.15) is 11.6 Å². The van der Waals surface area contributed by atoms with Crippen molar-refractivity contribution in [1.29, 1.82) is 5.26 Å². The number of hydrogen-bond donors (Lipinski definition) is 2. The molecule has 0 aromatic carbocycles. The van der Waals surface area contributed by atoms with E-state index in [0.717, 1.165) is 0 Å². The van der Waals surface area contributed by atoms with E-state index in [2.05, 4.69) is 10.6 Å². The third-order valence-electron chi connectivity index (χ3n) is 2.56. The van der Waals surface area contributed by atoms with Crippen LogP contribution in [0.4, 0.5) is 0 Å². The highest BCUT2D eigenvalue weighted by Crippen LogP contribution is 1.95.